The van der Waals surface area contributed by atoms with Crippen LogP contribution in [0.1, 0.15) is 54.7 Å². The Morgan fingerprint density at radius 3 is 2.64 bits per heavy atom. The summed E-state index contributed by atoms with van der Waals surface area (Å²) >= 11 is 0. The second-order valence-corrected chi connectivity index (χ2v) is 8.82. The van der Waals surface area contributed by atoms with Crippen LogP contribution < -0.4 is 10.1 Å². The predicted octanol–water partition coefficient (Wildman–Crippen LogP) is 4.33. The van der Waals surface area contributed by atoms with Crippen molar-refractivity contribution in [2.24, 2.45) is 0 Å². The summed E-state index contributed by atoms with van der Waals surface area (Å²) in [5, 5.41) is 3.84. The van der Waals surface area contributed by atoms with Gasteiger partial charge in [-0.15, -0.1) is 0 Å². The number of nitrogens with one attached hydrogen (secondary N) is 1. The number of carbonyl (C=O) groups is 2. The van der Waals surface area contributed by atoms with Crippen molar-refractivity contribution in [3.63, 3.8) is 0 Å². The molecule has 0 spiro atoms. The summed E-state index contributed by atoms with van der Waals surface area (Å²) in [5.74, 6) is 0.950. The number of rotatable bonds is 7. The molecule has 1 saturated heterocycles. The fourth-order valence-corrected chi connectivity index (χ4v) is 4.32. The Balaban J connectivity index is 1.49. The molecular formula is C27H31N3O3. The van der Waals surface area contributed by atoms with Crippen LogP contribution in [-0.2, 0) is 11.2 Å². The number of carbonyl (C=O) groups excluding carboxylic acids is 2. The largest absolute Gasteiger partial charge is 0.494 e. The van der Waals surface area contributed by atoms with Gasteiger partial charge in [-0.2, -0.15) is 0 Å². The Kier molecular flexibility index (Phi) is 6.92. The molecule has 1 aromatic heterocycles. The number of para-hydroxylation sites is 1. The molecule has 172 valence electrons. The standard InChI is InChI=1S/C27H31N3O3/c1-4-33-21-11-9-19(10-12-21)15-26(31)30-14-13-20(17-30)25-16-23(27(32)28-18(2)3)22-7-5-6-8-24(22)29-25/h5-12,16,18,20H,4,13-15,17H2,1-3H3,(H,28,32)/t20-/m0/s1. The summed E-state index contributed by atoms with van der Waals surface area (Å²) in [5.41, 5.74) is 3.30. The minimum absolute atomic E-state index is 0.0510. The number of amides is 2. The van der Waals surface area contributed by atoms with E-state index in [0.29, 0.717) is 31.7 Å². The molecule has 2 amide bonds. The second kappa shape index (κ2) is 10.0. The highest BCUT2D eigenvalue weighted by Crippen LogP contribution is 2.30. The number of nitrogens with zero attached hydrogens (tertiary/aromatic N) is 2. The molecule has 0 bridgehead atoms. The van der Waals surface area contributed by atoms with E-state index in [1.165, 1.54) is 0 Å². The van der Waals surface area contributed by atoms with E-state index in [9.17, 15) is 9.59 Å². The predicted molar refractivity (Wildman–Crippen MR) is 130 cm³/mol. The van der Waals surface area contributed by atoms with Gasteiger partial charge < -0.3 is 15.0 Å². The van der Waals surface area contributed by atoms with Crippen molar-refractivity contribution in [3.05, 3.63) is 71.4 Å². The Morgan fingerprint density at radius 1 is 1.15 bits per heavy atom. The van der Waals surface area contributed by atoms with E-state index < -0.39 is 0 Å². The fourth-order valence-electron chi connectivity index (χ4n) is 4.32. The lowest BCUT2D eigenvalue weighted by Crippen LogP contribution is -2.31. The molecule has 2 aromatic carbocycles. The Morgan fingerprint density at radius 2 is 1.91 bits per heavy atom. The van der Waals surface area contributed by atoms with E-state index in [-0.39, 0.29) is 23.8 Å². The first-order valence-electron chi connectivity index (χ1n) is 11.6. The number of hydrogen-bond acceptors (Lipinski definition) is 4. The van der Waals surface area contributed by atoms with Crippen LogP contribution in [-0.4, -0.2) is 47.4 Å². The zero-order chi connectivity index (χ0) is 23.4. The van der Waals surface area contributed by atoms with Crippen LogP contribution in [0.15, 0.2) is 54.6 Å². The van der Waals surface area contributed by atoms with Crippen LogP contribution in [0.3, 0.4) is 0 Å². The highest BCUT2D eigenvalue weighted by molar-refractivity contribution is 6.06. The van der Waals surface area contributed by atoms with E-state index >= 15 is 0 Å². The van der Waals surface area contributed by atoms with Crippen molar-refractivity contribution in [2.45, 2.75) is 45.6 Å². The highest BCUT2D eigenvalue weighted by atomic mass is 16.5. The Bertz CT molecular complexity index is 1140. The van der Waals surface area contributed by atoms with Gasteiger partial charge in [-0.3, -0.25) is 14.6 Å². The van der Waals surface area contributed by atoms with Gasteiger partial charge in [0.05, 0.1) is 24.1 Å². The van der Waals surface area contributed by atoms with Crippen LogP contribution in [0.25, 0.3) is 10.9 Å². The van der Waals surface area contributed by atoms with Crippen molar-refractivity contribution in [1.82, 2.24) is 15.2 Å². The van der Waals surface area contributed by atoms with Crippen LogP contribution >= 0.6 is 0 Å². The molecule has 1 atom stereocenters. The Labute approximate surface area is 195 Å². The summed E-state index contributed by atoms with van der Waals surface area (Å²) in [6, 6.07) is 17.4. The van der Waals surface area contributed by atoms with E-state index in [0.717, 1.165) is 34.3 Å². The van der Waals surface area contributed by atoms with Gasteiger partial charge in [0.15, 0.2) is 0 Å². The molecule has 1 N–H and O–H groups in total. The van der Waals surface area contributed by atoms with Gasteiger partial charge >= 0.3 is 0 Å². The van der Waals surface area contributed by atoms with Gasteiger partial charge in [-0.05, 0) is 57.0 Å². The van der Waals surface area contributed by atoms with Gasteiger partial charge in [-0.1, -0.05) is 30.3 Å². The van der Waals surface area contributed by atoms with E-state index in [1.807, 2.05) is 80.3 Å². The van der Waals surface area contributed by atoms with Crippen molar-refractivity contribution in [2.75, 3.05) is 19.7 Å². The zero-order valence-corrected chi connectivity index (χ0v) is 19.5. The lowest BCUT2D eigenvalue weighted by molar-refractivity contribution is -0.129. The summed E-state index contributed by atoms with van der Waals surface area (Å²) in [7, 11) is 0. The molecule has 0 aliphatic carbocycles. The molecule has 3 aromatic rings. The lowest BCUT2D eigenvalue weighted by Gasteiger charge is -2.18. The number of benzene rings is 2. The summed E-state index contributed by atoms with van der Waals surface area (Å²) in [4.78, 5) is 32.5. The number of likely N-dealkylation sites (tertiary alicyclic amines) is 1. The van der Waals surface area contributed by atoms with Gasteiger partial charge in [0.25, 0.3) is 5.91 Å². The summed E-state index contributed by atoms with van der Waals surface area (Å²) in [6.45, 7) is 7.79. The number of pyridine rings is 1. The SMILES string of the molecule is CCOc1ccc(CC(=O)N2CC[C@H](c3cc(C(=O)NC(C)C)c4ccccc4n3)C2)cc1. The minimum Gasteiger partial charge on any atom is -0.494 e. The average Bonchev–Trinajstić information content (AvgIpc) is 3.30. The normalized spacial score (nSPS) is 15.8. The maximum absolute atomic E-state index is 12.9. The van der Waals surface area contributed by atoms with Gasteiger partial charge in [-0.25, -0.2) is 0 Å². The summed E-state index contributed by atoms with van der Waals surface area (Å²) < 4.78 is 5.48. The molecule has 1 aliphatic heterocycles. The highest BCUT2D eigenvalue weighted by Gasteiger charge is 2.29. The first kappa shape index (κ1) is 22.8. The maximum Gasteiger partial charge on any atom is 0.252 e. The third-order valence-corrected chi connectivity index (χ3v) is 5.95. The van der Waals surface area contributed by atoms with Crippen LogP contribution in [0.4, 0.5) is 0 Å². The third kappa shape index (κ3) is 5.33. The first-order chi connectivity index (χ1) is 15.9. The van der Waals surface area contributed by atoms with E-state index in [2.05, 4.69) is 5.32 Å². The van der Waals surface area contributed by atoms with Gasteiger partial charge in [0, 0.05) is 36.1 Å². The van der Waals surface area contributed by atoms with Crippen LogP contribution in [0.5, 0.6) is 5.75 Å². The van der Waals surface area contributed by atoms with Gasteiger partial charge in [0.1, 0.15) is 5.75 Å². The number of hydrogen-bond donors (Lipinski definition) is 1. The van der Waals surface area contributed by atoms with Gasteiger partial charge in [0.2, 0.25) is 5.91 Å². The number of ether oxygens (including phenoxy) is 1. The molecule has 6 heteroatoms. The number of aromatic nitrogens is 1. The molecular weight excluding hydrogens is 414 g/mol. The van der Waals surface area contributed by atoms with Crippen molar-refractivity contribution >= 4 is 22.7 Å². The molecule has 1 fully saturated rings. The van der Waals surface area contributed by atoms with Crippen LogP contribution in [0.2, 0.25) is 0 Å². The topological polar surface area (TPSA) is 71.5 Å². The number of fused-ring (bicyclic) bond motifs is 1. The second-order valence-electron chi connectivity index (χ2n) is 8.82. The molecule has 1 aliphatic rings. The minimum atomic E-state index is -0.0914. The fraction of sp³-hybridized carbons (Fsp3) is 0.370. The van der Waals surface area contributed by atoms with E-state index in [1.54, 1.807) is 0 Å². The lowest BCUT2D eigenvalue weighted by atomic mass is 9.99. The quantitative estimate of drug-likeness (QED) is 0.588. The molecule has 6 nitrogen and oxygen atoms in total. The molecule has 0 unspecified atom stereocenters. The Hall–Kier alpha value is -3.41. The third-order valence-electron chi connectivity index (χ3n) is 5.95. The van der Waals surface area contributed by atoms with Crippen molar-refractivity contribution in [3.8, 4) is 5.75 Å². The molecule has 0 radical (unpaired) electrons. The smallest absolute Gasteiger partial charge is 0.252 e. The molecule has 4 rings (SSSR count). The van der Waals surface area contributed by atoms with Crippen molar-refractivity contribution < 1.29 is 14.3 Å². The van der Waals surface area contributed by atoms with Crippen molar-refractivity contribution in [1.29, 1.82) is 0 Å². The zero-order valence-electron chi connectivity index (χ0n) is 19.5. The monoisotopic (exact) mass is 445 g/mol. The average molecular weight is 446 g/mol. The maximum atomic E-state index is 12.9. The summed E-state index contributed by atoms with van der Waals surface area (Å²) in [6.07, 6.45) is 1.21. The molecule has 0 saturated carbocycles. The van der Waals surface area contributed by atoms with Crippen LogP contribution in [0, 0.1) is 0 Å². The molecule has 33 heavy (non-hydrogen) atoms. The van der Waals surface area contributed by atoms with E-state index in [4.69, 9.17) is 9.72 Å². The molecule has 2 heterocycles. The first-order valence-corrected chi connectivity index (χ1v) is 11.6.